The number of anilines is 1. The number of nitrogens with two attached hydrogens (primary N) is 1. The van der Waals surface area contributed by atoms with E-state index in [0.717, 1.165) is 44.3 Å². The molecule has 1 aromatic heterocycles. The molecule has 8 heteroatoms. The summed E-state index contributed by atoms with van der Waals surface area (Å²) in [5.74, 6) is 1.05. The molecule has 0 amide bonds. The van der Waals surface area contributed by atoms with Crippen LogP contribution in [-0.4, -0.2) is 46.1 Å². The maximum Gasteiger partial charge on any atom is 0.191 e. The summed E-state index contributed by atoms with van der Waals surface area (Å²) in [6.45, 7) is 7.95. The van der Waals surface area contributed by atoms with Crippen LogP contribution in [0.15, 0.2) is 35.3 Å². The van der Waals surface area contributed by atoms with Gasteiger partial charge >= 0.3 is 0 Å². The van der Waals surface area contributed by atoms with E-state index in [1.807, 2.05) is 37.3 Å². The van der Waals surface area contributed by atoms with Crippen LogP contribution in [0.5, 0.6) is 0 Å². The Labute approximate surface area is 191 Å². The molecule has 0 unspecified atom stereocenters. The minimum Gasteiger partial charge on any atom is -0.388 e. The van der Waals surface area contributed by atoms with Gasteiger partial charge in [-0.25, -0.2) is 4.68 Å². The fourth-order valence-corrected chi connectivity index (χ4v) is 3.79. The molecule has 0 aliphatic carbocycles. The predicted octanol–water partition coefficient (Wildman–Crippen LogP) is 3.15. The van der Waals surface area contributed by atoms with Gasteiger partial charge in [-0.2, -0.15) is 10.4 Å². The summed E-state index contributed by atoms with van der Waals surface area (Å²) in [6.07, 6.45) is 4.72. The smallest absolute Gasteiger partial charge is 0.191 e. The number of nitrogens with one attached hydrogen (secondary N) is 2. The van der Waals surface area contributed by atoms with Crippen molar-refractivity contribution in [2.24, 2.45) is 4.99 Å². The van der Waals surface area contributed by atoms with E-state index in [4.69, 9.17) is 5.73 Å². The number of nitrogens with zero attached hydrogens (tertiary/aromatic N) is 4. The topological polar surface area (TPSA) is 124 Å². The molecule has 1 heterocycles. The lowest BCUT2D eigenvalue weighted by atomic mass is 9.93. The van der Waals surface area contributed by atoms with Gasteiger partial charge in [0, 0.05) is 13.1 Å². The van der Waals surface area contributed by atoms with E-state index in [1.54, 1.807) is 4.68 Å². The summed E-state index contributed by atoms with van der Waals surface area (Å²) >= 11 is 0. The Kier molecular flexibility index (Phi) is 10.0. The lowest BCUT2D eigenvalue weighted by Gasteiger charge is -2.26. The van der Waals surface area contributed by atoms with Gasteiger partial charge in [0.25, 0.3) is 0 Å². The number of aliphatic hydroxyl groups is 1. The zero-order valence-corrected chi connectivity index (χ0v) is 19.6. The summed E-state index contributed by atoms with van der Waals surface area (Å²) < 4.78 is 1.62. The van der Waals surface area contributed by atoms with Crippen molar-refractivity contribution in [3.63, 3.8) is 0 Å². The average Bonchev–Trinajstić information content (AvgIpc) is 3.11. The number of aliphatic imine (C=N–C) groups is 1. The molecule has 2 rings (SSSR count). The van der Waals surface area contributed by atoms with Crippen LogP contribution in [0.25, 0.3) is 5.69 Å². The first-order valence-corrected chi connectivity index (χ1v) is 11.5. The molecule has 0 saturated heterocycles. The Hall–Kier alpha value is -3.05. The van der Waals surface area contributed by atoms with Crippen molar-refractivity contribution in [1.82, 2.24) is 20.4 Å². The third kappa shape index (κ3) is 6.99. The highest BCUT2D eigenvalue weighted by Gasteiger charge is 2.24. The van der Waals surface area contributed by atoms with Crippen molar-refractivity contribution in [2.45, 2.75) is 64.9 Å². The van der Waals surface area contributed by atoms with Gasteiger partial charge in [-0.15, -0.1) is 0 Å². The van der Waals surface area contributed by atoms with Crippen LogP contribution < -0.4 is 16.4 Å². The number of aryl methyl sites for hydroxylation is 1. The number of benzene rings is 1. The van der Waals surface area contributed by atoms with Crippen LogP contribution in [0.1, 0.15) is 64.1 Å². The molecule has 8 nitrogen and oxygen atoms in total. The standard InChI is InChI=1S/C24H37N7O/c1-4-14-24(32,15-5-2)18-29-23(27-6-3)28-16-10-13-21-20(17-25)22(26)31(30-21)19-11-8-7-9-12-19/h7-9,11-12,32H,4-6,10,13-16,18,26H2,1-3H3,(H2,27,28,29). The number of aromatic nitrogens is 2. The lowest BCUT2D eigenvalue weighted by molar-refractivity contribution is 0.0306. The molecule has 0 fully saturated rings. The number of rotatable bonds is 12. The molecule has 0 saturated carbocycles. The molecule has 0 aliphatic heterocycles. The van der Waals surface area contributed by atoms with Crippen LogP contribution >= 0.6 is 0 Å². The molecule has 2 aromatic rings. The van der Waals surface area contributed by atoms with Gasteiger partial charge in [0.1, 0.15) is 17.5 Å². The van der Waals surface area contributed by atoms with Crippen molar-refractivity contribution in [2.75, 3.05) is 25.4 Å². The predicted molar refractivity (Wildman–Crippen MR) is 130 cm³/mol. The van der Waals surface area contributed by atoms with Gasteiger partial charge in [-0.3, -0.25) is 4.99 Å². The van der Waals surface area contributed by atoms with Crippen molar-refractivity contribution in [3.05, 3.63) is 41.6 Å². The fraction of sp³-hybridized carbons (Fsp3) is 0.542. The fourth-order valence-electron chi connectivity index (χ4n) is 3.79. The molecule has 0 spiro atoms. The van der Waals surface area contributed by atoms with Crippen molar-refractivity contribution in [1.29, 1.82) is 5.26 Å². The highest BCUT2D eigenvalue weighted by Crippen LogP contribution is 2.21. The monoisotopic (exact) mass is 439 g/mol. The molecule has 5 N–H and O–H groups in total. The first-order chi connectivity index (χ1) is 15.5. The van der Waals surface area contributed by atoms with Gasteiger partial charge < -0.3 is 21.5 Å². The first kappa shape index (κ1) is 25.2. The minimum atomic E-state index is -0.755. The Balaban J connectivity index is 1.99. The van der Waals surface area contributed by atoms with E-state index in [-0.39, 0.29) is 0 Å². The van der Waals surface area contributed by atoms with Gasteiger partial charge in [0.15, 0.2) is 5.96 Å². The highest BCUT2D eigenvalue weighted by atomic mass is 16.3. The van der Waals surface area contributed by atoms with E-state index in [9.17, 15) is 10.4 Å². The molecule has 0 aliphatic rings. The normalized spacial score (nSPS) is 11.9. The van der Waals surface area contributed by atoms with E-state index >= 15 is 0 Å². The second-order valence-electron chi connectivity index (χ2n) is 8.02. The average molecular weight is 440 g/mol. The number of nitrogen functional groups attached to an aromatic ring is 1. The summed E-state index contributed by atoms with van der Waals surface area (Å²) in [5.41, 5.74) is 7.38. The Morgan fingerprint density at radius 2 is 1.88 bits per heavy atom. The zero-order valence-electron chi connectivity index (χ0n) is 19.6. The van der Waals surface area contributed by atoms with E-state index in [2.05, 4.69) is 40.6 Å². The number of hydrogen-bond donors (Lipinski definition) is 4. The summed E-state index contributed by atoms with van der Waals surface area (Å²) in [6, 6.07) is 11.8. The van der Waals surface area contributed by atoms with E-state index in [1.165, 1.54) is 0 Å². The Bertz CT molecular complexity index is 893. The largest absolute Gasteiger partial charge is 0.388 e. The lowest BCUT2D eigenvalue weighted by Crippen LogP contribution is -2.40. The molecule has 174 valence electrons. The zero-order chi connectivity index (χ0) is 23.4. The van der Waals surface area contributed by atoms with Crippen LogP contribution in [0.4, 0.5) is 5.82 Å². The van der Waals surface area contributed by atoms with Crippen molar-refractivity contribution >= 4 is 11.8 Å². The van der Waals surface area contributed by atoms with Gasteiger partial charge in [0.05, 0.1) is 23.5 Å². The van der Waals surface area contributed by atoms with E-state index in [0.29, 0.717) is 42.5 Å². The van der Waals surface area contributed by atoms with Gasteiger partial charge in [-0.1, -0.05) is 44.9 Å². The Morgan fingerprint density at radius 3 is 2.47 bits per heavy atom. The molecule has 0 atom stereocenters. The third-order valence-corrected chi connectivity index (χ3v) is 5.30. The van der Waals surface area contributed by atoms with Crippen LogP contribution in [0, 0.1) is 11.3 Å². The van der Waals surface area contributed by atoms with Gasteiger partial charge in [0.2, 0.25) is 0 Å². The summed E-state index contributed by atoms with van der Waals surface area (Å²) in [7, 11) is 0. The third-order valence-electron chi connectivity index (χ3n) is 5.30. The number of hydrogen-bond acceptors (Lipinski definition) is 5. The quantitative estimate of drug-likeness (QED) is 0.229. The second kappa shape index (κ2) is 12.7. The van der Waals surface area contributed by atoms with E-state index < -0.39 is 5.60 Å². The number of para-hydroxylation sites is 1. The maximum absolute atomic E-state index is 10.8. The van der Waals surface area contributed by atoms with Crippen LogP contribution in [0.3, 0.4) is 0 Å². The highest BCUT2D eigenvalue weighted by molar-refractivity contribution is 5.79. The first-order valence-electron chi connectivity index (χ1n) is 11.5. The number of guanidine groups is 1. The summed E-state index contributed by atoms with van der Waals surface area (Å²) in [5, 5.41) is 31.5. The molecule has 1 aromatic carbocycles. The van der Waals surface area contributed by atoms with Crippen molar-refractivity contribution < 1.29 is 5.11 Å². The minimum absolute atomic E-state index is 0.364. The Morgan fingerprint density at radius 1 is 1.19 bits per heavy atom. The second-order valence-corrected chi connectivity index (χ2v) is 8.02. The molecule has 0 bridgehead atoms. The maximum atomic E-state index is 10.8. The number of nitriles is 1. The molecular weight excluding hydrogens is 402 g/mol. The molecule has 0 radical (unpaired) electrons. The van der Waals surface area contributed by atoms with Gasteiger partial charge in [-0.05, 0) is 44.7 Å². The van der Waals surface area contributed by atoms with Crippen LogP contribution in [0.2, 0.25) is 0 Å². The molecule has 32 heavy (non-hydrogen) atoms. The SMILES string of the molecule is CCCC(O)(CCC)CN=C(NCC)NCCCc1nn(-c2ccccc2)c(N)c1C#N. The molecular formula is C24H37N7O. The van der Waals surface area contributed by atoms with Crippen LogP contribution in [-0.2, 0) is 6.42 Å². The van der Waals surface area contributed by atoms with Crippen molar-refractivity contribution in [3.8, 4) is 11.8 Å². The summed E-state index contributed by atoms with van der Waals surface area (Å²) in [4.78, 5) is 4.61.